The van der Waals surface area contributed by atoms with Crippen molar-refractivity contribution in [1.29, 1.82) is 0 Å². The number of ketones is 1. The van der Waals surface area contributed by atoms with E-state index in [1.165, 1.54) is 12.1 Å². The molecule has 1 heterocycles. The van der Waals surface area contributed by atoms with Crippen molar-refractivity contribution in [3.8, 4) is 0 Å². The fraction of sp³-hybridized carbons (Fsp3) is 0.333. The predicted octanol–water partition coefficient (Wildman–Crippen LogP) is 5.01. The lowest BCUT2D eigenvalue weighted by Gasteiger charge is -2.31. The average Bonchev–Trinajstić information content (AvgIpc) is 3.43. The van der Waals surface area contributed by atoms with Gasteiger partial charge in [0.15, 0.2) is 5.78 Å². The molecule has 2 aromatic carbocycles. The SMILES string of the molecule is O=C(CN(C(=O)c1ccc(Cl)cc1)N1C(=O)[C@@H]2[C@H]3C[C@@H]([C@H](Br)[C@H]3Br)[C@@H]2C1=O)c1ccc(Cl)cc1. The fourth-order valence-corrected chi connectivity index (χ4v) is 7.53. The highest BCUT2D eigenvalue weighted by Gasteiger charge is 2.67. The zero-order chi connectivity index (χ0) is 24.3. The van der Waals surface area contributed by atoms with E-state index >= 15 is 0 Å². The number of rotatable bonds is 5. The molecule has 6 atom stereocenters. The maximum atomic E-state index is 13.6. The second-order valence-electron chi connectivity index (χ2n) is 8.79. The summed E-state index contributed by atoms with van der Waals surface area (Å²) in [5.74, 6) is -2.96. The van der Waals surface area contributed by atoms with E-state index in [-0.39, 0.29) is 27.1 Å². The first-order valence-corrected chi connectivity index (χ1v) is 13.3. The molecule has 0 unspecified atom stereocenters. The van der Waals surface area contributed by atoms with E-state index in [9.17, 15) is 19.2 Å². The number of benzene rings is 2. The number of halogens is 4. The molecule has 3 aliphatic rings. The minimum Gasteiger partial charge on any atom is -0.292 e. The normalized spacial score (nSPS) is 29.5. The van der Waals surface area contributed by atoms with E-state index in [2.05, 4.69) is 31.9 Å². The molecule has 0 N–H and O–H groups in total. The van der Waals surface area contributed by atoms with Crippen molar-refractivity contribution >= 4 is 78.6 Å². The van der Waals surface area contributed by atoms with Crippen LogP contribution in [0.4, 0.5) is 0 Å². The maximum Gasteiger partial charge on any atom is 0.273 e. The van der Waals surface area contributed by atoms with Crippen molar-refractivity contribution in [2.24, 2.45) is 23.7 Å². The van der Waals surface area contributed by atoms with Gasteiger partial charge in [-0.1, -0.05) is 55.1 Å². The summed E-state index contributed by atoms with van der Waals surface area (Å²) in [6.07, 6.45) is 0.765. The molecule has 2 aliphatic carbocycles. The zero-order valence-electron chi connectivity index (χ0n) is 17.5. The van der Waals surface area contributed by atoms with Crippen LogP contribution in [0.15, 0.2) is 48.5 Å². The lowest BCUT2D eigenvalue weighted by Crippen LogP contribution is -2.52. The Kier molecular flexibility index (Phi) is 6.38. The lowest BCUT2D eigenvalue weighted by molar-refractivity contribution is -0.154. The van der Waals surface area contributed by atoms with E-state index in [0.717, 1.165) is 16.4 Å². The Morgan fingerprint density at radius 3 is 1.74 bits per heavy atom. The Hall–Kier alpha value is -1.74. The maximum absolute atomic E-state index is 13.6. The van der Waals surface area contributed by atoms with Crippen LogP contribution in [-0.2, 0) is 9.59 Å². The first-order chi connectivity index (χ1) is 16.2. The van der Waals surface area contributed by atoms with E-state index in [4.69, 9.17) is 23.2 Å². The van der Waals surface area contributed by atoms with Crippen molar-refractivity contribution in [3.05, 3.63) is 69.7 Å². The number of hydrazine groups is 1. The Morgan fingerprint density at radius 2 is 1.26 bits per heavy atom. The highest BCUT2D eigenvalue weighted by atomic mass is 79.9. The molecule has 6 nitrogen and oxygen atoms in total. The van der Waals surface area contributed by atoms with Crippen LogP contribution in [0, 0.1) is 23.7 Å². The van der Waals surface area contributed by atoms with Gasteiger partial charge in [-0.3, -0.25) is 19.2 Å². The van der Waals surface area contributed by atoms with Gasteiger partial charge in [0.25, 0.3) is 17.7 Å². The van der Waals surface area contributed by atoms with Crippen molar-refractivity contribution < 1.29 is 19.2 Å². The summed E-state index contributed by atoms with van der Waals surface area (Å²) in [6.45, 7) is -0.467. The standard InChI is InChI=1S/C24H18Br2Cl2N2O4/c25-20-15-9-16(21(20)26)19-18(15)23(33)30(24(19)34)29(22(32)12-3-7-14(28)8-4-12)10-17(31)11-1-5-13(27)6-2-11/h1-8,15-16,18-21H,9-10H2/t15-,16-,18-,19+,20+,21+/m1/s1. The van der Waals surface area contributed by atoms with Gasteiger partial charge in [-0.05, 0) is 66.8 Å². The summed E-state index contributed by atoms with van der Waals surface area (Å²) in [5.41, 5.74) is 0.532. The quantitative estimate of drug-likeness (QED) is 0.265. The molecule has 3 amide bonds. The molecule has 2 saturated carbocycles. The van der Waals surface area contributed by atoms with E-state index in [1.54, 1.807) is 36.4 Å². The Labute approximate surface area is 222 Å². The van der Waals surface area contributed by atoms with Gasteiger partial charge in [0.1, 0.15) is 6.54 Å². The van der Waals surface area contributed by atoms with Crippen molar-refractivity contribution in [3.63, 3.8) is 0 Å². The van der Waals surface area contributed by atoms with Crippen molar-refractivity contribution in [2.45, 2.75) is 16.1 Å². The molecular formula is C24H18Br2Cl2N2O4. The Bertz CT molecular complexity index is 1160. The van der Waals surface area contributed by atoms with Crippen LogP contribution in [0.3, 0.4) is 0 Å². The molecule has 2 aromatic rings. The molecule has 176 valence electrons. The Balaban J connectivity index is 1.50. The van der Waals surface area contributed by atoms with Crippen LogP contribution in [0.1, 0.15) is 27.1 Å². The summed E-state index contributed by atoms with van der Waals surface area (Å²) in [5, 5.41) is 2.79. The number of hydrogen-bond donors (Lipinski definition) is 0. The molecule has 3 fully saturated rings. The minimum atomic E-state index is -0.626. The summed E-state index contributed by atoms with van der Waals surface area (Å²) in [7, 11) is 0. The summed E-state index contributed by atoms with van der Waals surface area (Å²) in [6, 6.07) is 12.3. The van der Waals surface area contributed by atoms with Gasteiger partial charge in [-0.2, -0.15) is 5.01 Å². The van der Waals surface area contributed by atoms with Crippen LogP contribution in [-0.4, -0.2) is 49.7 Å². The highest BCUT2D eigenvalue weighted by molar-refractivity contribution is 9.12. The number of amides is 3. The van der Waals surface area contributed by atoms with Gasteiger partial charge in [0.05, 0.1) is 11.8 Å². The number of hydrogen-bond acceptors (Lipinski definition) is 4. The number of fused-ring (bicyclic) bond motifs is 5. The number of imide groups is 1. The van der Waals surface area contributed by atoms with Gasteiger partial charge >= 0.3 is 0 Å². The van der Waals surface area contributed by atoms with Gasteiger partial charge in [0, 0.05) is 30.8 Å². The van der Waals surface area contributed by atoms with Crippen LogP contribution < -0.4 is 0 Å². The smallest absolute Gasteiger partial charge is 0.273 e. The van der Waals surface area contributed by atoms with E-state index in [0.29, 0.717) is 15.6 Å². The van der Waals surface area contributed by atoms with Crippen molar-refractivity contribution in [2.75, 3.05) is 6.54 Å². The molecule has 0 radical (unpaired) electrons. The molecule has 5 rings (SSSR count). The van der Waals surface area contributed by atoms with Gasteiger partial charge < -0.3 is 0 Å². The highest BCUT2D eigenvalue weighted by Crippen LogP contribution is 2.60. The second-order valence-corrected chi connectivity index (χ2v) is 11.8. The largest absolute Gasteiger partial charge is 0.292 e. The van der Waals surface area contributed by atoms with E-state index < -0.39 is 41.9 Å². The molecular weight excluding hydrogens is 611 g/mol. The molecule has 0 spiro atoms. The number of Topliss-reactive ketones (excluding diaryl/α,β-unsaturated/α-hetero) is 1. The fourth-order valence-electron chi connectivity index (χ4n) is 5.41. The topological polar surface area (TPSA) is 74.8 Å². The zero-order valence-corrected chi connectivity index (χ0v) is 22.2. The molecule has 1 aliphatic heterocycles. The third-order valence-corrected chi connectivity index (χ3v) is 10.7. The monoisotopic (exact) mass is 626 g/mol. The lowest BCUT2D eigenvalue weighted by atomic mass is 9.81. The first kappa shape index (κ1) is 24.0. The second kappa shape index (κ2) is 9.04. The van der Waals surface area contributed by atoms with Crippen LogP contribution in [0.2, 0.25) is 10.0 Å². The first-order valence-electron chi connectivity index (χ1n) is 10.7. The Morgan fingerprint density at radius 1 is 0.824 bits per heavy atom. The summed E-state index contributed by atoms with van der Waals surface area (Å²) in [4.78, 5) is 53.9. The van der Waals surface area contributed by atoms with Gasteiger partial charge in [0.2, 0.25) is 0 Å². The van der Waals surface area contributed by atoms with Gasteiger partial charge in [-0.25, -0.2) is 5.01 Å². The summed E-state index contributed by atoms with van der Waals surface area (Å²) < 4.78 is 0. The third-order valence-electron chi connectivity index (χ3n) is 6.99. The number of alkyl halides is 2. The molecule has 0 aromatic heterocycles. The summed E-state index contributed by atoms with van der Waals surface area (Å²) >= 11 is 19.2. The number of carbonyl (C=O) groups excluding carboxylic acids is 4. The van der Waals surface area contributed by atoms with Crippen LogP contribution in [0.25, 0.3) is 0 Å². The average molecular weight is 629 g/mol. The molecule has 1 saturated heterocycles. The predicted molar refractivity (Wildman–Crippen MR) is 134 cm³/mol. The minimum absolute atomic E-state index is 0.0136. The van der Waals surface area contributed by atoms with Crippen LogP contribution in [0.5, 0.6) is 0 Å². The van der Waals surface area contributed by atoms with Crippen molar-refractivity contribution in [1.82, 2.24) is 10.0 Å². The number of carbonyl (C=O) groups is 4. The molecule has 10 heteroatoms. The molecule has 34 heavy (non-hydrogen) atoms. The van der Waals surface area contributed by atoms with Crippen LogP contribution >= 0.6 is 55.1 Å². The third kappa shape index (κ3) is 3.83. The van der Waals surface area contributed by atoms with E-state index in [1.807, 2.05) is 0 Å². The van der Waals surface area contributed by atoms with Gasteiger partial charge in [-0.15, -0.1) is 0 Å². The number of nitrogens with zero attached hydrogens (tertiary/aromatic N) is 2. The molecule has 2 bridgehead atoms.